The van der Waals surface area contributed by atoms with Crippen LogP contribution in [0.3, 0.4) is 0 Å². The summed E-state index contributed by atoms with van der Waals surface area (Å²) in [4.78, 5) is 12.4. The number of hydrogen-bond acceptors (Lipinski definition) is 2. The molecule has 3 N–H and O–H groups in total. The van der Waals surface area contributed by atoms with Crippen LogP contribution in [-0.4, -0.2) is 18.5 Å². The van der Waals surface area contributed by atoms with Gasteiger partial charge in [0.25, 0.3) is 5.91 Å². The van der Waals surface area contributed by atoms with Gasteiger partial charge in [-0.05, 0) is 42.9 Å². The molecule has 0 bridgehead atoms. The van der Waals surface area contributed by atoms with Crippen LogP contribution in [0.4, 0.5) is 0 Å². The summed E-state index contributed by atoms with van der Waals surface area (Å²) in [7, 11) is 0. The van der Waals surface area contributed by atoms with Gasteiger partial charge in [-0.1, -0.05) is 38.2 Å². The third-order valence-corrected chi connectivity index (χ3v) is 4.39. The molecule has 0 saturated heterocycles. The summed E-state index contributed by atoms with van der Waals surface area (Å²) in [5, 5.41) is 3.18. The highest BCUT2D eigenvalue weighted by Crippen LogP contribution is 2.37. The Morgan fingerprint density at radius 2 is 2.24 bits per heavy atom. The van der Waals surface area contributed by atoms with Gasteiger partial charge < -0.3 is 11.1 Å². The molecule has 2 rings (SSSR count). The fraction of sp³-hybridized carbons (Fsp3) is 0.500. The third-order valence-electron chi connectivity index (χ3n) is 4.39. The van der Waals surface area contributed by atoms with Crippen molar-refractivity contribution in [3.63, 3.8) is 0 Å². The van der Waals surface area contributed by atoms with Crippen molar-refractivity contribution in [1.29, 1.82) is 0 Å². The van der Waals surface area contributed by atoms with Crippen molar-refractivity contribution in [3.8, 4) is 11.8 Å². The number of benzene rings is 1. The van der Waals surface area contributed by atoms with E-state index in [1.807, 2.05) is 25.1 Å². The number of nitrogens with two attached hydrogens (primary N) is 1. The second-order valence-electron chi connectivity index (χ2n) is 6.44. The summed E-state index contributed by atoms with van der Waals surface area (Å²) in [5.41, 5.74) is 8.20. The van der Waals surface area contributed by atoms with E-state index in [4.69, 9.17) is 5.73 Å². The van der Waals surface area contributed by atoms with E-state index in [9.17, 15) is 4.79 Å². The SMILES string of the molecule is Cc1ccc(C(=O)NC2CCCC2(C)C)cc1C#CCN. The lowest BCUT2D eigenvalue weighted by Gasteiger charge is -2.27. The zero-order valence-electron chi connectivity index (χ0n) is 13.1. The molecule has 1 amide bonds. The molecule has 1 aromatic rings. The maximum atomic E-state index is 12.4. The fourth-order valence-corrected chi connectivity index (χ4v) is 2.88. The van der Waals surface area contributed by atoms with E-state index in [1.165, 1.54) is 12.8 Å². The second-order valence-corrected chi connectivity index (χ2v) is 6.44. The van der Waals surface area contributed by atoms with Crippen LogP contribution in [0.2, 0.25) is 0 Å². The molecule has 1 aliphatic rings. The standard InChI is InChI=1S/C18H24N2O/c1-13-8-9-15(12-14(13)6-5-11-19)17(21)20-16-7-4-10-18(16,2)3/h8-9,12,16H,4,7,10-11,19H2,1-3H3,(H,20,21). The highest BCUT2D eigenvalue weighted by molar-refractivity contribution is 5.95. The van der Waals surface area contributed by atoms with Gasteiger partial charge in [0, 0.05) is 17.2 Å². The number of hydrogen-bond donors (Lipinski definition) is 2. The zero-order chi connectivity index (χ0) is 15.5. The summed E-state index contributed by atoms with van der Waals surface area (Å²) in [5.74, 6) is 5.86. The number of nitrogens with one attached hydrogen (secondary N) is 1. The van der Waals surface area contributed by atoms with E-state index in [0.29, 0.717) is 12.1 Å². The lowest BCUT2D eigenvalue weighted by molar-refractivity contribution is 0.0910. The molecule has 112 valence electrons. The molecule has 1 fully saturated rings. The van der Waals surface area contributed by atoms with Crippen molar-refractivity contribution in [1.82, 2.24) is 5.32 Å². The normalized spacial score (nSPS) is 19.7. The van der Waals surface area contributed by atoms with Crippen LogP contribution in [0.15, 0.2) is 18.2 Å². The minimum Gasteiger partial charge on any atom is -0.349 e. The zero-order valence-corrected chi connectivity index (χ0v) is 13.1. The van der Waals surface area contributed by atoms with Crippen molar-refractivity contribution in [2.24, 2.45) is 11.1 Å². The minimum absolute atomic E-state index is 0.00854. The molecule has 1 aromatic carbocycles. The molecule has 0 heterocycles. The van der Waals surface area contributed by atoms with Crippen LogP contribution >= 0.6 is 0 Å². The number of aryl methyl sites for hydroxylation is 1. The average molecular weight is 284 g/mol. The molecule has 0 aromatic heterocycles. The van der Waals surface area contributed by atoms with E-state index in [1.54, 1.807) is 0 Å². The average Bonchev–Trinajstić information content (AvgIpc) is 2.77. The van der Waals surface area contributed by atoms with Gasteiger partial charge in [0.2, 0.25) is 0 Å². The van der Waals surface area contributed by atoms with Crippen molar-refractivity contribution < 1.29 is 4.79 Å². The Balaban J connectivity index is 2.16. The fourth-order valence-electron chi connectivity index (χ4n) is 2.88. The molecule has 3 nitrogen and oxygen atoms in total. The van der Waals surface area contributed by atoms with Gasteiger partial charge in [-0.3, -0.25) is 4.79 Å². The molecule has 0 aliphatic heterocycles. The summed E-state index contributed by atoms with van der Waals surface area (Å²) in [6.07, 6.45) is 3.41. The number of carbonyl (C=O) groups excluding carboxylic acids is 1. The smallest absolute Gasteiger partial charge is 0.251 e. The number of rotatable bonds is 2. The third kappa shape index (κ3) is 3.65. The van der Waals surface area contributed by atoms with Crippen LogP contribution in [0.1, 0.15) is 54.6 Å². The van der Waals surface area contributed by atoms with Gasteiger partial charge in [0.15, 0.2) is 0 Å². The summed E-state index contributed by atoms with van der Waals surface area (Å²) in [6.45, 7) is 6.75. The van der Waals surface area contributed by atoms with E-state index >= 15 is 0 Å². The maximum absolute atomic E-state index is 12.4. The maximum Gasteiger partial charge on any atom is 0.251 e. The Bertz CT molecular complexity index is 593. The first-order chi connectivity index (χ1) is 9.94. The topological polar surface area (TPSA) is 55.1 Å². The van der Waals surface area contributed by atoms with Crippen LogP contribution in [0.25, 0.3) is 0 Å². The summed E-state index contributed by atoms with van der Waals surface area (Å²) < 4.78 is 0. The van der Waals surface area contributed by atoms with E-state index in [2.05, 4.69) is 31.0 Å². The Labute approximate surface area is 127 Å². The number of carbonyl (C=O) groups is 1. The van der Waals surface area contributed by atoms with E-state index in [-0.39, 0.29) is 17.4 Å². The van der Waals surface area contributed by atoms with Crippen molar-refractivity contribution in [3.05, 3.63) is 34.9 Å². The molecule has 1 aliphatic carbocycles. The highest BCUT2D eigenvalue weighted by Gasteiger charge is 2.35. The lowest BCUT2D eigenvalue weighted by Crippen LogP contribution is -2.41. The van der Waals surface area contributed by atoms with Gasteiger partial charge >= 0.3 is 0 Å². The molecule has 1 saturated carbocycles. The monoisotopic (exact) mass is 284 g/mol. The van der Waals surface area contributed by atoms with Crippen LogP contribution in [0, 0.1) is 24.2 Å². The molecule has 0 spiro atoms. The molecular formula is C18H24N2O. The molecule has 3 heteroatoms. The van der Waals surface area contributed by atoms with Crippen LogP contribution < -0.4 is 11.1 Å². The molecule has 0 radical (unpaired) electrons. The van der Waals surface area contributed by atoms with Crippen molar-refractivity contribution in [2.45, 2.75) is 46.1 Å². The quantitative estimate of drug-likeness (QED) is 0.820. The molecule has 21 heavy (non-hydrogen) atoms. The Hall–Kier alpha value is -1.79. The Morgan fingerprint density at radius 3 is 2.86 bits per heavy atom. The van der Waals surface area contributed by atoms with E-state index < -0.39 is 0 Å². The Morgan fingerprint density at radius 1 is 1.48 bits per heavy atom. The molecular weight excluding hydrogens is 260 g/mol. The van der Waals surface area contributed by atoms with Gasteiger partial charge in [-0.15, -0.1) is 0 Å². The predicted molar refractivity (Wildman–Crippen MR) is 86.0 cm³/mol. The van der Waals surface area contributed by atoms with Crippen molar-refractivity contribution >= 4 is 5.91 Å². The largest absolute Gasteiger partial charge is 0.349 e. The summed E-state index contributed by atoms with van der Waals surface area (Å²) in [6, 6.07) is 5.91. The Kier molecular flexibility index (Phi) is 4.69. The highest BCUT2D eigenvalue weighted by atomic mass is 16.1. The summed E-state index contributed by atoms with van der Waals surface area (Å²) >= 11 is 0. The second kappa shape index (κ2) is 6.32. The number of amides is 1. The van der Waals surface area contributed by atoms with Crippen LogP contribution in [-0.2, 0) is 0 Å². The molecule has 1 atom stereocenters. The minimum atomic E-state index is -0.00854. The van der Waals surface area contributed by atoms with Gasteiger partial charge in [0.1, 0.15) is 0 Å². The first-order valence-corrected chi connectivity index (χ1v) is 7.54. The van der Waals surface area contributed by atoms with Gasteiger partial charge in [-0.2, -0.15) is 0 Å². The van der Waals surface area contributed by atoms with Crippen LogP contribution in [0.5, 0.6) is 0 Å². The predicted octanol–water partition coefficient (Wildman–Crippen LogP) is 2.61. The van der Waals surface area contributed by atoms with Gasteiger partial charge in [-0.25, -0.2) is 0 Å². The van der Waals surface area contributed by atoms with Gasteiger partial charge in [0.05, 0.1) is 6.54 Å². The van der Waals surface area contributed by atoms with E-state index in [0.717, 1.165) is 17.5 Å². The first kappa shape index (κ1) is 15.6. The van der Waals surface area contributed by atoms with Crippen molar-refractivity contribution in [2.75, 3.05) is 6.54 Å². The lowest BCUT2D eigenvalue weighted by atomic mass is 9.87. The molecule has 1 unspecified atom stereocenters. The first-order valence-electron chi connectivity index (χ1n) is 7.54.